The SMILES string of the molecule is C#CCC(CC)NC(C)Cc1ccco1. The van der Waals surface area contributed by atoms with Crippen LogP contribution >= 0.6 is 0 Å². The lowest BCUT2D eigenvalue weighted by Gasteiger charge is -2.19. The van der Waals surface area contributed by atoms with Crippen LogP contribution in [-0.4, -0.2) is 12.1 Å². The second-order valence-corrected chi connectivity index (χ2v) is 3.86. The molecule has 1 aromatic heterocycles. The van der Waals surface area contributed by atoms with Gasteiger partial charge < -0.3 is 9.73 Å². The highest BCUT2D eigenvalue weighted by Crippen LogP contribution is 2.06. The lowest BCUT2D eigenvalue weighted by molar-refractivity contribution is 0.407. The molecule has 2 atom stereocenters. The van der Waals surface area contributed by atoms with Crippen LogP contribution in [0.2, 0.25) is 0 Å². The first kappa shape index (κ1) is 11.9. The highest BCUT2D eigenvalue weighted by Gasteiger charge is 2.10. The van der Waals surface area contributed by atoms with Crippen molar-refractivity contribution in [2.24, 2.45) is 0 Å². The number of terminal acetylenes is 1. The van der Waals surface area contributed by atoms with E-state index in [4.69, 9.17) is 10.8 Å². The van der Waals surface area contributed by atoms with Crippen LogP contribution in [0.3, 0.4) is 0 Å². The zero-order valence-electron chi connectivity index (χ0n) is 9.49. The van der Waals surface area contributed by atoms with Gasteiger partial charge in [0.2, 0.25) is 0 Å². The maximum absolute atomic E-state index is 5.31. The van der Waals surface area contributed by atoms with E-state index in [0.717, 1.165) is 25.0 Å². The van der Waals surface area contributed by atoms with Crippen LogP contribution in [0.25, 0.3) is 0 Å². The van der Waals surface area contributed by atoms with Crippen molar-refractivity contribution in [2.45, 2.75) is 45.2 Å². The minimum atomic E-state index is 0.398. The molecule has 1 heterocycles. The van der Waals surface area contributed by atoms with Crippen molar-refractivity contribution >= 4 is 0 Å². The molecular weight excluding hydrogens is 186 g/mol. The van der Waals surface area contributed by atoms with E-state index in [1.165, 1.54) is 0 Å². The van der Waals surface area contributed by atoms with Gasteiger partial charge >= 0.3 is 0 Å². The fourth-order valence-electron chi connectivity index (χ4n) is 1.66. The molecule has 0 saturated heterocycles. The predicted octanol–water partition coefficient (Wildman–Crippen LogP) is 2.60. The Morgan fingerprint density at radius 3 is 2.93 bits per heavy atom. The minimum Gasteiger partial charge on any atom is -0.469 e. The number of nitrogens with one attached hydrogen (secondary N) is 1. The largest absolute Gasteiger partial charge is 0.469 e. The smallest absolute Gasteiger partial charge is 0.105 e. The van der Waals surface area contributed by atoms with Crippen LogP contribution in [-0.2, 0) is 6.42 Å². The van der Waals surface area contributed by atoms with E-state index in [-0.39, 0.29) is 0 Å². The molecule has 0 amide bonds. The third-order valence-corrected chi connectivity index (χ3v) is 2.46. The summed E-state index contributed by atoms with van der Waals surface area (Å²) >= 11 is 0. The Bertz CT molecular complexity index is 297. The maximum atomic E-state index is 5.31. The van der Waals surface area contributed by atoms with Gasteiger partial charge in [-0.05, 0) is 25.5 Å². The van der Waals surface area contributed by atoms with Gasteiger partial charge in [0.1, 0.15) is 5.76 Å². The van der Waals surface area contributed by atoms with Crippen molar-refractivity contribution in [3.8, 4) is 12.3 Å². The van der Waals surface area contributed by atoms with Crippen LogP contribution < -0.4 is 5.32 Å². The minimum absolute atomic E-state index is 0.398. The molecule has 0 aromatic carbocycles. The Morgan fingerprint density at radius 2 is 2.40 bits per heavy atom. The van der Waals surface area contributed by atoms with E-state index in [0.29, 0.717) is 12.1 Å². The molecule has 1 N–H and O–H groups in total. The maximum Gasteiger partial charge on any atom is 0.105 e. The second-order valence-electron chi connectivity index (χ2n) is 3.86. The van der Waals surface area contributed by atoms with Crippen LogP contribution in [0.4, 0.5) is 0 Å². The summed E-state index contributed by atoms with van der Waals surface area (Å²) in [7, 11) is 0. The fraction of sp³-hybridized carbons (Fsp3) is 0.538. The number of furan rings is 1. The zero-order chi connectivity index (χ0) is 11.1. The van der Waals surface area contributed by atoms with Crippen molar-refractivity contribution in [1.82, 2.24) is 5.32 Å². The molecule has 82 valence electrons. The molecule has 0 aliphatic heterocycles. The highest BCUT2D eigenvalue weighted by molar-refractivity contribution is 5.00. The van der Waals surface area contributed by atoms with Crippen LogP contribution in [0.15, 0.2) is 22.8 Å². The van der Waals surface area contributed by atoms with Gasteiger partial charge in [0.25, 0.3) is 0 Å². The Kier molecular flexibility index (Phi) is 5.00. The van der Waals surface area contributed by atoms with Crippen LogP contribution in [0.1, 0.15) is 32.4 Å². The summed E-state index contributed by atoms with van der Waals surface area (Å²) in [5.41, 5.74) is 0. The molecular formula is C13H19NO. The Morgan fingerprint density at radius 1 is 1.60 bits per heavy atom. The molecule has 0 saturated carbocycles. The zero-order valence-corrected chi connectivity index (χ0v) is 9.49. The summed E-state index contributed by atoms with van der Waals surface area (Å²) < 4.78 is 5.30. The Balaban J connectivity index is 2.34. The summed E-state index contributed by atoms with van der Waals surface area (Å²) in [6.45, 7) is 4.30. The third kappa shape index (κ3) is 4.22. The quantitative estimate of drug-likeness (QED) is 0.722. The Labute approximate surface area is 92.1 Å². The van der Waals surface area contributed by atoms with E-state index in [2.05, 4.69) is 25.1 Å². The number of hydrogen-bond donors (Lipinski definition) is 1. The lowest BCUT2D eigenvalue weighted by Crippen LogP contribution is -2.37. The number of rotatable bonds is 6. The van der Waals surface area contributed by atoms with Gasteiger partial charge in [-0.3, -0.25) is 0 Å². The molecule has 0 aliphatic carbocycles. The fourth-order valence-corrected chi connectivity index (χ4v) is 1.66. The first-order valence-corrected chi connectivity index (χ1v) is 5.48. The lowest BCUT2D eigenvalue weighted by atomic mass is 10.1. The molecule has 0 radical (unpaired) electrons. The normalized spacial score (nSPS) is 14.5. The van der Waals surface area contributed by atoms with Gasteiger partial charge in [0, 0.05) is 24.9 Å². The monoisotopic (exact) mass is 205 g/mol. The van der Waals surface area contributed by atoms with Gasteiger partial charge in [-0.15, -0.1) is 12.3 Å². The molecule has 0 fully saturated rings. The first-order valence-electron chi connectivity index (χ1n) is 5.48. The molecule has 1 rings (SSSR count). The summed E-state index contributed by atoms with van der Waals surface area (Å²) in [6.07, 6.45) is 9.78. The van der Waals surface area contributed by atoms with E-state index in [9.17, 15) is 0 Å². The molecule has 2 nitrogen and oxygen atoms in total. The Hall–Kier alpha value is -1.20. The van der Waals surface area contributed by atoms with Crippen molar-refractivity contribution < 1.29 is 4.42 Å². The standard InChI is InChI=1S/C13H19NO/c1-4-7-12(5-2)14-11(3)10-13-8-6-9-15-13/h1,6,8-9,11-12,14H,5,7,10H2,2-3H3. The van der Waals surface area contributed by atoms with Gasteiger partial charge in [0.15, 0.2) is 0 Å². The summed E-state index contributed by atoms with van der Waals surface area (Å²) in [5, 5.41) is 3.50. The van der Waals surface area contributed by atoms with Crippen molar-refractivity contribution in [2.75, 3.05) is 0 Å². The second kappa shape index (κ2) is 6.31. The molecule has 1 aromatic rings. The van der Waals surface area contributed by atoms with Crippen molar-refractivity contribution in [3.05, 3.63) is 24.2 Å². The van der Waals surface area contributed by atoms with E-state index in [1.54, 1.807) is 6.26 Å². The van der Waals surface area contributed by atoms with E-state index < -0.39 is 0 Å². The third-order valence-electron chi connectivity index (χ3n) is 2.46. The van der Waals surface area contributed by atoms with Gasteiger partial charge in [0.05, 0.1) is 6.26 Å². The molecule has 15 heavy (non-hydrogen) atoms. The van der Waals surface area contributed by atoms with E-state index in [1.807, 2.05) is 12.1 Å². The van der Waals surface area contributed by atoms with Crippen molar-refractivity contribution in [3.63, 3.8) is 0 Å². The molecule has 0 aliphatic rings. The molecule has 0 spiro atoms. The average molecular weight is 205 g/mol. The molecule has 0 bridgehead atoms. The van der Waals surface area contributed by atoms with Gasteiger partial charge in [-0.1, -0.05) is 6.92 Å². The predicted molar refractivity (Wildman–Crippen MR) is 62.5 cm³/mol. The number of hydrogen-bond acceptors (Lipinski definition) is 2. The summed E-state index contributed by atoms with van der Waals surface area (Å²) in [4.78, 5) is 0. The summed E-state index contributed by atoms with van der Waals surface area (Å²) in [6, 6.07) is 4.73. The van der Waals surface area contributed by atoms with E-state index >= 15 is 0 Å². The van der Waals surface area contributed by atoms with Crippen molar-refractivity contribution in [1.29, 1.82) is 0 Å². The first-order chi connectivity index (χ1) is 7.26. The summed E-state index contributed by atoms with van der Waals surface area (Å²) in [5.74, 6) is 3.72. The topological polar surface area (TPSA) is 25.2 Å². The highest BCUT2D eigenvalue weighted by atomic mass is 16.3. The molecule has 2 heteroatoms. The molecule has 2 unspecified atom stereocenters. The van der Waals surface area contributed by atoms with Crippen LogP contribution in [0.5, 0.6) is 0 Å². The van der Waals surface area contributed by atoms with Gasteiger partial charge in [-0.25, -0.2) is 0 Å². The average Bonchev–Trinajstić information content (AvgIpc) is 2.69. The van der Waals surface area contributed by atoms with Crippen LogP contribution in [0, 0.1) is 12.3 Å². The van der Waals surface area contributed by atoms with Gasteiger partial charge in [-0.2, -0.15) is 0 Å².